The number of primary amides is 2. The van der Waals surface area contributed by atoms with Crippen molar-refractivity contribution in [3.63, 3.8) is 0 Å². The lowest BCUT2D eigenvalue weighted by Crippen LogP contribution is -2.43. The fraction of sp³-hybridized carbons (Fsp3) is 0.400. The quantitative estimate of drug-likeness (QED) is 0.0197. The third kappa shape index (κ3) is 14.2. The third-order valence-corrected chi connectivity index (χ3v) is 11.3. The molecule has 4 aromatic heterocycles. The number of aromatic nitrogens is 8. The number of amides is 5. The number of benzene rings is 2. The molecule has 2 aromatic carbocycles. The van der Waals surface area contributed by atoms with E-state index in [0.29, 0.717) is 89.6 Å². The van der Waals surface area contributed by atoms with Crippen LogP contribution in [-0.2, 0) is 31.0 Å². The van der Waals surface area contributed by atoms with Gasteiger partial charge in [0.1, 0.15) is 40.5 Å². The van der Waals surface area contributed by atoms with Gasteiger partial charge >= 0.3 is 0 Å². The molecule has 1 atom stereocenters. The van der Waals surface area contributed by atoms with Gasteiger partial charge in [-0.1, -0.05) is 32.1 Å². The van der Waals surface area contributed by atoms with E-state index < -0.39 is 29.7 Å². The van der Waals surface area contributed by atoms with Crippen molar-refractivity contribution >= 4 is 69.8 Å². The molecule has 24 nitrogen and oxygen atoms in total. The average Bonchev–Trinajstić information content (AvgIpc) is 4.17. The van der Waals surface area contributed by atoms with Crippen molar-refractivity contribution < 1.29 is 33.4 Å². The summed E-state index contributed by atoms with van der Waals surface area (Å²) >= 11 is 0. The van der Waals surface area contributed by atoms with E-state index in [4.69, 9.17) is 36.6 Å². The number of nitrogens with two attached hydrogens (primary N) is 4. The Bertz CT molecular complexity index is 3000. The van der Waals surface area contributed by atoms with Gasteiger partial charge in [-0.3, -0.25) is 49.0 Å². The number of carbonyl (C=O) groups is 5. The number of allylic oxidation sites excluding steroid dienone is 2. The zero-order valence-corrected chi connectivity index (χ0v) is 43.9. The van der Waals surface area contributed by atoms with Gasteiger partial charge in [0, 0.05) is 57.4 Å². The Morgan fingerprint density at radius 3 is 1.69 bits per heavy atom. The number of nitrogens with one attached hydrogen (secondary N) is 3. The number of hydrogen-bond acceptors (Lipinski definition) is 14. The van der Waals surface area contributed by atoms with Crippen molar-refractivity contribution in [1.82, 2.24) is 48.9 Å². The molecule has 0 aliphatic heterocycles. The van der Waals surface area contributed by atoms with Crippen LogP contribution in [0.2, 0.25) is 0 Å². The normalized spacial score (nSPS) is 11.7. The Morgan fingerprint density at radius 2 is 1.24 bits per heavy atom. The van der Waals surface area contributed by atoms with E-state index in [-0.39, 0.29) is 54.4 Å². The molecule has 6 rings (SSSR count). The number of methoxy groups -OCH3 is 1. The summed E-state index contributed by atoms with van der Waals surface area (Å²) in [4.78, 5) is 80.8. The Balaban J connectivity index is 0.00000289. The molecule has 74 heavy (non-hydrogen) atoms. The zero-order chi connectivity index (χ0) is 54.6. The van der Waals surface area contributed by atoms with Crippen LogP contribution < -0.4 is 48.4 Å². The predicted molar refractivity (Wildman–Crippen MR) is 287 cm³/mol. The number of imidazole rings is 2. The van der Waals surface area contributed by atoms with Crippen LogP contribution in [0, 0.1) is 13.8 Å². The van der Waals surface area contributed by atoms with E-state index in [0.717, 1.165) is 0 Å². The number of ether oxygens (including phenoxy) is 2. The molecule has 11 N–H and O–H groups in total. The van der Waals surface area contributed by atoms with Crippen molar-refractivity contribution in [2.75, 3.05) is 58.6 Å². The highest BCUT2D eigenvalue weighted by atomic mass is 16.5. The van der Waals surface area contributed by atoms with Crippen LogP contribution in [0.4, 0.5) is 11.9 Å². The average molecular weight is 1020 g/mol. The molecule has 0 radical (unpaired) electrons. The summed E-state index contributed by atoms with van der Waals surface area (Å²) in [5.74, 6) is -1.60. The molecule has 0 saturated carbocycles. The Morgan fingerprint density at radius 1 is 0.757 bits per heavy atom. The van der Waals surface area contributed by atoms with Gasteiger partial charge in [-0.05, 0) is 97.1 Å². The Hall–Kier alpha value is -8.38. The predicted octanol–water partition coefficient (Wildman–Crippen LogP) is 3.75. The number of fused-ring (bicyclic) bond motifs is 2. The van der Waals surface area contributed by atoms with Crippen LogP contribution >= 0.6 is 0 Å². The topological polar surface area (TPSA) is 331 Å². The second-order valence-corrected chi connectivity index (χ2v) is 16.1. The third-order valence-electron chi connectivity index (χ3n) is 11.3. The Kier molecular flexibility index (Phi) is 22.0. The minimum absolute atomic E-state index is 0.0314. The number of hydrogen-bond donors (Lipinski definition) is 7. The molecular weight excluding hydrogens is 951 g/mol. The fourth-order valence-corrected chi connectivity index (χ4v) is 7.83. The highest BCUT2D eigenvalue weighted by Gasteiger charge is 2.24. The Labute approximate surface area is 430 Å². The highest BCUT2D eigenvalue weighted by Crippen LogP contribution is 2.33. The summed E-state index contributed by atoms with van der Waals surface area (Å²) < 4.78 is 18.6. The first-order chi connectivity index (χ1) is 35.6. The number of aryl methyl sites for hydroxylation is 4. The van der Waals surface area contributed by atoms with Gasteiger partial charge < -0.3 is 51.8 Å². The molecule has 0 saturated heterocycles. The SMILES string of the molecule is CC.CCn1nc(C)cc1C(=O)Nc1nc2cc(C(N)=O)cc(OC)c2n1C/C=C/Cn1c(NC(=O)c2cc(C)nn2CC)nc2cc(C(N)=O)cc(OC/C=C/CN(C)C(=O)C(CCCN=CN)NC)c21.CN. The van der Waals surface area contributed by atoms with Crippen molar-refractivity contribution in [1.29, 1.82) is 0 Å². The van der Waals surface area contributed by atoms with Gasteiger partial charge in [-0.25, -0.2) is 9.97 Å². The first-order valence-electron chi connectivity index (χ1n) is 24.2. The van der Waals surface area contributed by atoms with Gasteiger partial charge in [0.2, 0.25) is 29.6 Å². The molecule has 4 heterocycles. The van der Waals surface area contributed by atoms with Gasteiger partial charge in [0.15, 0.2) is 0 Å². The maximum absolute atomic E-state index is 13.9. The van der Waals surface area contributed by atoms with E-state index >= 15 is 0 Å². The number of rotatable bonds is 24. The highest BCUT2D eigenvalue weighted by molar-refractivity contribution is 6.05. The van der Waals surface area contributed by atoms with Crippen LogP contribution in [-0.4, -0.2) is 133 Å². The molecule has 0 aliphatic carbocycles. The van der Waals surface area contributed by atoms with Crippen molar-refractivity contribution in [3.8, 4) is 11.5 Å². The second-order valence-electron chi connectivity index (χ2n) is 16.1. The number of likely N-dealkylation sites (N-methyl/N-ethyl adjacent to an activating group) is 2. The molecule has 0 bridgehead atoms. The minimum atomic E-state index is -0.721. The van der Waals surface area contributed by atoms with Crippen LogP contribution in [0.15, 0.2) is 65.7 Å². The molecular formula is C50H71N17O7. The summed E-state index contributed by atoms with van der Waals surface area (Å²) in [6, 6.07) is 9.00. The first kappa shape index (κ1) is 58.2. The summed E-state index contributed by atoms with van der Waals surface area (Å²) in [6.45, 7) is 13.3. The lowest BCUT2D eigenvalue weighted by atomic mass is 10.1. The second kappa shape index (κ2) is 28.0. The fourth-order valence-electron chi connectivity index (χ4n) is 7.83. The molecule has 24 heteroatoms. The van der Waals surface area contributed by atoms with E-state index in [9.17, 15) is 24.0 Å². The number of anilines is 2. The van der Waals surface area contributed by atoms with Crippen LogP contribution in [0.25, 0.3) is 22.1 Å². The van der Waals surface area contributed by atoms with E-state index in [1.54, 1.807) is 75.6 Å². The monoisotopic (exact) mass is 1020 g/mol. The van der Waals surface area contributed by atoms with E-state index in [1.807, 2.05) is 39.8 Å². The van der Waals surface area contributed by atoms with E-state index in [1.165, 1.54) is 44.8 Å². The number of carbonyl (C=O) groups excluding carboxylic acids is 5. The summed E-state index contributed by atoms with van der Waals surface area (Å²) in [7, 11) is 6.39. The number of nitrogens with zero attached hydrogens (tertiary/aromatic N) is 10. The van der Waals surface area contributed by atoms with Crippen LogP contribution in [0.3, 0.4) is 0 Å². The summed E-state index contributed by atoms with van der Waals surface area (Å²) in [6.07, 6.45) is 9.70. The molecule has 6 aromatic rings. The molecule has 1 unspecified atom stereocenters. The molecule has 0 fully saturated rings. The first-order valence-corrected chi connectivity index (χ1v) is 24.2. The molecule has 398 valence electrons. The lowest BCUT2D eigenvalue weighted by Gasteiger charge is -2.22. The van der Waals surface area contributed by atoms with Crippen molar-refractivity contribution in [2.45, 2.75) is 86.6 Å². The van der Waals surface area contributed by atoms with Gasteiger partial charge in [0.05, 0.1) is 41.9 Å². The lowest BCUT2D eigenvalue weighted by molar-refractivity contribution is -0.131. The van der Waals surface area contributed by atoms with Gasteiger partial charge in [0.25, 0.3) is 11.8 Å². The van der Waals surface area contributed by atoms with Crippen LogP contribution in [0.1, 0.15) is 93.6 Å². The van der Waals surface area contributed by atoms with Crippen molar-refractivity contribution in [3.05, 3.63) is 94.6 Å². The molecule has 5 amide bonds. The van der Waals surface area contributed by atoms with E-state index in [2.05, 4.69) is 36.9 Å². The zero-order valence-electron chi connectivity index (χ0n) is 43.9. The largest absolute Gasteiger partial charge is 0.494 e. The van der Waals surface area contributed by atoms with Gasteiger partial charge in [-0.15, -0.1) is 0 Å². The smallest absolute Gasteiger partial charge is 0.276 e. The van der Waals surface area contributed by atoms with Crippen LogP contribution in [0.5, 0.6) is 11.5 Å². The van der Waals surface area contributed by atoms with Crippen molar-refractivity contribution in [2.24, 2.45) is 27.9 Å². The standard InChI is InChI=1S/C47H60N16O7.C2H6.CH5N/c1-8-62-35(21-28(3)57-62)43(66)55-46-53-33-23-30(41(49)64)25-37(69-7)39(33)60(46)18-10-11-19-61-40-34(54-47(61)56-44(67)36-22-29(4)58-63(36)9-2)24-31(42(50)65)26-38(40)70-20-13-12-17-59(6)45(68)32(51-5)15-14-16-52-27-48;2*1-2/h10-13,21-27,32,51H,8-9,14-20H2,1-7H3,(H2,48,52)(H2,49,64)(H2,50,65)(H,53,55,66)(H,54,56,67);1-2H3;2H2,1H3/b11-10+,13-12+;;. The minimum Gasteiger partial charge on any atom is -0.494 e. The summed E-state index contributed by atoms with van der Waals surface area (Å²) in [5.41, 5.74) is 25.1. The maximum atomic E-state index is 13.9. The number of aliphatic imine (C=N–C) groups is 1. The molecule has 0 spiro atoms. The maximum Gasteiger partial charge on any atom is 0.276 e. The summed E-state index contributed by atoms with van der Waals surface area (Å²) in [5, 5.41) is 17.7. The van der Waals surface area contributed by atoms with Gasteiger partial charge in [-0.2, -0.15) is 10.2 Å². The molecule has 0 aliphatic rings.